The average Bonchev–Trinajstić information content (AvgIpc) is 3.63. The highest BCUT2D eigenvalue weighted by molar-refractivity contribution is 7.25. The maximum Gasteiger partial charge on any atom is 0.111 e. The summed E-state index contributed by atoms with van der Waals surface area (Å²) >= 11 is 1.90. The van der Waals surface area contributed by atoms with Crippen molar-refractivity contribution in [1.82, 2.24) is 9.13 Å². The summed E-state index contributed by atoms with van der Waals surface area (Å²) in [6.07, 6.45) is 0. The quantitative estimate of drug-likeness (QED) is 0.217. The van der Waals surface area contributed by atoms with Gasteiger partial charge in [-0.25, -0.2) is 0 Å². The summed E-state index contributed by atoms with van der Waals surface area (Å²) in [5.41, 5.74) is 4.92. The zero-order valence-electron chi connectivity index (χ0n) is 21.0. The minimum absolute atomic E-state index is 1.19. The van der Waals surface area contributed by atoms with Gasteiger partial charge in [0.15, 0.2) is 0 Å². The van der Waals surface area contributed by atoms with E-state index in [0.29, 0.717) is 0 Å². The highest BCUT2D eigenvalue weighted by atomic mass is 32.1. The van der Waals surface area contributed by atoms with Crippen molar-refractivity contribution >= 4 is 75.1 Å². The van der Waals surface area contributed by atoms with Gasteiger partial charge in [0, 0.05) is 38.3 Å². The van der Waals surface area contributed by atoms with E-state index in [9.17, 15) is 0 Å². The molecule has 0 aliphatic carbocycles. The molecule has 0 spiro atoms. The van der Waals surface area contributed by atoms with Crippen LogP contribution >= 0.6 is 11.3 Å². The molecule has 3 heterocycles. The van der Waals surface area contributed by atoms with Crippen LogP contribution in [0.2, 0.25) is 0 Å². The van der Waals surface area contributed by atoms with Crippen molar-refractivity contribution in [3.63, 3.8) is 0 Å². The zero-order valence-corrected chi connectivity index (χ0v) is 21.8. The summed E-state index contributed by atoms with van der Waals surface area (Å²) in [5, 5.41) is 10.4. The van der Waals surface area contributed by atoms with Gasteiger partial charge in [-0.3, -0.25) is 0 Å². The Kier molecular flexibility index (Phi) is 4.24. The standard InChI is InChI=1S/C36H22N2S/c1-2-13-26(14-3-1)38-34-28-15-7-6-11-24(28)19-21-30(34)33-32-29-16-8-9-17-31(29)37(35(32)39-36(33)38)27-20-18-23-10-4-5-12-25(23)22-27/h1-22H. The van der Waals surface area contributed by atoms with Crippen molar-refractivity contribution < 1.29 is 0 Å². The molecule has 0 fully saturated rings. The van der Waals surface area contributed by atoms with Gasteiger partial charge in [0.25, 0.3) is 0 Å². The first-order valence-corrected chi connectivity index (χ1v) is 14.1. The van der Waals surface area contributed by atoms with E-state index < -0.39 is 0 Å². The van der Waals surface area contributed by atoms with Crippen LogP contribution in [0.15, 0.2) is 133 Å². The first kappa shape index (κ1) is 21.1. The van der Waals surface area contributed by atoms with E-state index in [4.69, 9.17) is 0 Å². The number of fused-ring (bicyclic) bond motifs is 10. The monoisotopic (exact) mass is 514 g/mol. The number of nitrogens with zero attached hydrogens (tertiary/aromatic N) is 2. The van der Waals surface area contributed by atoms with Crippen LogP contribution in [0.3, 0.4) is 0 Å². The van der Waals surface area contributed by atoms with Crippen molar-refractivity contribution in [2.24, 2.45) is 0 Å². The van der Waals surface area contributed by atoms with E-state index in [1.807, 2.05) is 11.3 Å². The molecule has 0 radical (unpaired) electrons. The third kappa shape index (κ3) is 2.85. The van der Waals surface area contributed by atoms with Crippen LogP contribution in [0.4, 0.5) is 0 Å². The Morgan fingerprint density at radius 3 is 1.92 bits per heavy atom. The van der Waals surface area contributed by atoms with E-state index in [1.165, 1.54) is 75.2 Å². The van der Waals surface area contributed by atoms with Gasteiger partial charge in [-0.2, -0.15) is 0 Å². The number of aromatic nitrogens is 2. The molecule has 0 saturated heterocycles. The lowest BCUT2D eigenvalue weighted by Gasteiger charge is -2.10. The fraction of sp³-hybridized carbons (Fsp3) is 0. The molecule has 0 atom stereocenters. The fourth-order valence-corrected chi connectivity index (χ4v) is 7.80. The fourth-order valence-electron chi connectivity index (χ4n) is 6.41. The van der Waals surface area contributed by atoms with Crippen LogP contribution in [0.25, 0.3) is 75.2 Å². The summed E-state index contributed by atoms with van der Waals surface area (Å²) < 4.78 is 4.95. The van der Waals surface area contributed by atoms with Crippen LogP contribution < -0.4 is 0 Å². The molecule has 39 heavy (non-hydrogen) atoms. The second-order valence-electron chi connectivity index (χ2n) is 10.2. The number of benzene rings is 6. The number of thiophene rings is 1. The van der Waals surface area contributed by atoms with E-state index >= 15 is 0 Å². The third-order valence-corrected chi connectivity index (χ3v) is 9.25. The Labute approximate surface area is 228 Å². The number of hydrogen-bond acceptors (Lipinski definition) is 1. The molecule has 182 valence electrons. The Morgan fingerprint density at radius 1 is 0.410 bits per heavy atom. The molecule has 0 N–H and O–H groups in total. The minimum Gasteiger partial charge on any atom is -0.301 e. The molecule has 3 heteroatoms. The van der Waals surface area contributed by atoms with Crippen LogP contribution in [0, 0.1) is 0 Å². The molecular formula is C36H22N2S. The maximum atomic E-state index is 2.48. The smallest absolute Gasteiger partial charge is 0.111 e. The molecule has 0 saturated carbocycles. The van der Waals surface area contributed by atoms with Crippen molar-refractivity contribution in [2.45, 2.75) is 0 Å². The van der Waals surface area contributed by atoms with Crippen LogP contribution in [-0.4, -0.2) is 9.13 Å². The number of para-hydroxylation sites is 2. The topological polar surface area (TPSA) is 9.86 Å². The summed E-state index contributed by atoms with van der Waals surface area (Å²) in [7, 11) is 0. The molecule has 3 aromatic heterocycles. The normalized spacial score (nSPS) is 12.1. The highest BCUT2D eigenvalue weighted by Crippen LogP contribution is 2.48. The van der Waals surface area contributed by atoms with Gasteiger partial charge in [-0.15, -0.1) is 0 Å². The number of hydrogen-bond donors (Lipinski definition) is 0. The van der Waals surface area contributed by atoms with Gasteiger partial charge >= 0.3 is 0 Å². The van der Waals surface area contributed by atoms with Gasteiger partial charge < -0.3 is 9.13 Å². The molecule has 0 unspecified atom stereocenters. The van der Waals surface area contributed by atoms with Gasteiger partial charge in [-0.1, -0.05) is 114 Å². The average molecular weight is 515 g/mol. The van der Waals surface area contributed by atoms with Crippen molar-refractivity contribution in [3.05, 3.63) is 133 Å². The Morgan fingerprint density at radius 2 is 1.05 bits per heavy atom. The first-order chi connectivity index (χ1) is 19.4. The lowest BCUT2D eigenvalue weighted by Crippen LogP contribution is -1.94. The van der Waals surface area contributed by atoms with Crippen LogP contribution in [0.5, 0.6) is 0 Å². The number of rotatable bonds is 2. The SMILES string of the molecule is c1ccc(-n2c3sc4c(c5ccccc5n4-c4ccc5ccccc5c4)c3c3ccc4ccccc4c32)cc1. The van der Waals surface area contributed by atoms with Crippen molar-refractivity contribution in [3.8, 4) is 11.4 Å². The molecule has 0 bridgehead atoms. The largest absolute Gasteiger partial charge is 0.301 e. The molecular weight excluding hydrogens is 492 g/mol. The van der Waals surface area contributed by atoms with E-state index in [-0.39, 0.29) is 0 Å². The zero-order chi connectivity index (χ0) is 25.5. The van der Waals surface area contributed by atoms with E-state index in [0.717, 1.165) is 0 Å². The summed E-state index contributed by atoms with van der Waals surface area (Å²) in [4.78, 5) is 2.58. The second kappa shape index (κ2) is 7.83. The van der Waals surface area contributed by atoms with Gasteiger partial charge in [-0.05, 0) is 46.5 Å². The highest BCUT2D eigenvalue weighted by Gasteiger charge is 2.24. The van der Waals surface area contributed by atoms with Gasteiger partial charge in [0.05, 0.1) is 11.0 Å². The van der Waals surface area contributed by atoms with Crippen LogP contribution in [-0.2, 0) is 0 Å². The molecule has 2 nitrogen and oxygen atoms in total. The summed E-state index contributed by atoms with van der Waals surface area (Å²) in [5.74, 6) is 0. The van der Waals surface area contributed by atoms with Crippen molar-refractivity contribution in [1.29, 1.82) is 0 Å². The molecule has 0 aliphatic rings. The molecule has 0 amide bonds. The van der Waals surface area contributed by atoms with Crippen molar-refractivity contribution in [2.75, 3.05) is 0 Å². The lowest BCUT2D eigenvalue weighted by atomic mass is 10.0. The molecule has 0 aliphatic heterocycles. The van der Waals surface area contributed by atoms with Crippen LogP contribution in [0.1, 0.15) is 0 Å². The Bertz CT molecular complexity index is 2390. The molecule has 9 rings (SSSR count). The summed E-state index contributed by atoms with van der Waals surface area (Å²) in [6.45, 7) is 0. The minimum atomic E-state index is 1.19. The Hall–Kier alpha value is -4.86. The predicted molar refractivity (Wildman–Crippen MR) is 168 cm³/mol. The lowest BCUT2D eigenvalue weighted by molar-refractivity contribution is 1.20. The summed E-state index contributed by atoms with van der Waals surface area (Å²) in [6, 6.07) is 48.5. The van der Waals surface area contributed by atoms with E-state index in [1.54, 1.807) is 0 Å². The van der Waals surface area contributed by atoms with Gasteiger partial charge in [0.1, 0.15) is 9.66 Å². The first-order valence-electron chi connectivity index (χ1n) is 13.3. The predicted octanol–water partition coefficient (Wildman–Crippen LogP) is 10.2. The van der Waals surface area contributed by atoms with E-state index in [2.05, 4.69) is 143 Å². The molecule has 9 aromatic rings. The molecule has 6 aromatic carbocycles. The second-order valence-corrected chi connectivity index (χ2v) is 11.2. The maximum absolute atomic E-state index is 2.48. The third-order valence-electron chi connectivity index (χ3n) is 8.09. The Balaban J connectivity index is 1.50. The van der Waals surface area contributed by atoms with Gasteiger partial charge in [0.2, 0.25) is 0 Å².